The zero-order valence-corrected chi connectivity index (χ0v) is 14.7. The van der Waals surface area contributed by atoms with Crippen LogP contribution in [0, 0.1) is 13.8 Å². The molecule has 0 unspecified atom stereocenters. The molecule has 0 saturated heterocycles. The minimum atomic E-state index is -0.221. The number of hydrogen-bond acceptors (Lipinski definition) is 5. The second-order valence-corrected chi connectivity index (χ2v) is 6.00. The smallest absolute Gasteiger partial charge is 0.256 e. The average molecular weight is 336 g/mol. The summed E-state index contributed by atoms with van der Waals surface area (Å²) in [7, 11) is 3.87. The van der Waals surface area contributed by atoms with Crippen LogP contribution in [-0.4, -0.2) is 39.8 Å². The van der Waals surface area contributed by atoms with Gasteiger partial charge in [-0.15, -0.1) is 0 Å². The summed E-state index contributed by atoms with van der Waals surface area (Å²) in [5.41, 5.74) is 3.39. The normalized spacial score (nSPS) is 10.6. The van der Waals surface area contributed by atoms with E-state index >= 15 is 0 Å². The SMILES string of the molecule is Cc1cc(C)n(-c2cc(NC(=O)c3cccc(N(C)C)c3)ncn2)n1. The molecule has 1 aromatic carbocycles. The first-order valence-corrected chi connectivity index (χ1v) is 7.88. The molecule has 2 heterocycles. The van der Waals surface area contributed by atoms with Crippen LogP contribution in [0.4, 0.5) is 11.5 Å². The maximum Gasteiger partial charge on any atom is 0.256 e. The summed E-state index contributed by atoms with van der Waals surface area (Å²) in [6.45, 7) is 3.87. The van der Waals surface area contributed by atoms with Gasteiger partial charge in [-0.3, -0.25) is 4.79 Å². The molecule has 0 fully saturated rings. The molecule has 0 aliphatic carbocycles. The van der Waals surface area contributed by atoms with Gasteiger partial charge in [-0.1, -0.05) is 6.07 Å². The molecule has 7 nitrogen and oxygen atoms in total. The Morgan fingerprint density at radius 2 is 1.92 bits per heavy atom. The van der Waals surface area contributed by atoms with Gasteiger partial charge in [0.1, 0.15) is 12.1 Å². The summed E-state index contributed by atoms with van der Waals surface area (Å²) in [6, 6.07) is 11.1. The molecule has 1 amide bonds. The molecule has 1 N–H and O–H groups in total. The van der Waals surface area contributed by atoms with E-state index in [0.29, 0.717) is 17.2 Å². The van der Waals surface area contributed by atoms with Gasteiger partial charge in [0.25, 0.3) is 5.91 Å². The second kappa shape index (κ2) is 6.72. The van der Waals surface area contributed by atoms with Crippen molar-refractivity contribution in [2.75, 3.05) is 24.3 Å². The van der Waals surface area contributed by atoms with Crippen molar-refractivity contribution in [2.45, 2.75) is 13.8 Å². The van der Waals surface area contributed by atoms with Crippen molar-refractivity contribution in [3.8, 4) is 5.82 Å². The standard InChI is InChI=1S/C18H20N6O/c1-12-8-13(2)24(22-12)17-10-16(19-11-20-17)21-18(25)14-6-5-7-15(9-14)23(3)4/h5-11H,1-4H3,(H,19,20,21,25). The number of rotatable bonds is 4. The predicted molar refractivity (Wildman–Crippen MR) is 97.4 cm³/mol. The number of carbonyl (C=O) groups excluding carboxylic acids is 1. The fourth-order valence-corrected chi connectivity index (χ4v) is 2.51. The van der Waals surface area contributed by atoms with Gasteiger partial charge in [0.2, 0.25) is 0 Å². The minimum Gasteiger partial charge on any atom is -0.378 e. The predicted octanol–water partition coefficient (Wildman–Crippen LogP) is 2.60. The first kappa shape index (κ1) is 16.6. The van der Waals surface area contributed by atoms with Crippen molar-refractivity contribution in [3.05, 3.63) is 59.7 Å². The van der Waals surface area contributed by atoms with Crippen LogP contribution in [0.2, 0.25) is 0 Å². The van der Waals surface area contributed by atoms with Crippen LogP contribution in [0.1, 0.15) is 21.7 Å². The molecule has 0 saturated carbocycles. The molecule has 0 atom stereocenters. The van der Waals surface area contributed by atoms with Crippen molar-refractivity contribution in [1.29, 1.82) is 0 Å². The Kier molecular flexibility index (Phi) is 4.47. The van der Waals surface area contributed by atoms with Gasteiger partial charge in [0.15, 0.2) is 5.82 Å². The van der Waals surface area contributed by atoms with Crippen LogP contribution in [0.5, 0.6) is 0 Å². The number of amides is 1. The number of nitrogens with zero attached hydrogens (tertiary/aromatic N) is 5. The van der Waals surface area contributed by atoms with E-state index in [1.165, 1.54) is 6.33 Å². The Morgan fingerprint density at radius 1 is 1.12 bits per heavy atom. The first-order valence-electron chi connectivity index (χ1n) is 7.88. The summed E-state index contributed by atoms with van der Waals surface area (Å²) in [6.07, 6.45) is 1.41. The van der Waals surface area contributed by atoms with E-state index in [2.05, 4.69) is 20.4 Å². The zero-order valence-electron chi connectivity index (χ0n) is 14.7. The third-order valence-corrected chi connectivity index (χ3v) is 3.75. The van der Waals surface area contributed by atoms with E-state index in [1.807, 2.05) is 57.1 Å². The lowest BCUT2D eigenvalue weighted by Gasteiger charge is -2.13. The first-order chi connectivity index (χ1) is 11.9. The highest BCUT2D eigenvalue weighted by Crippen LogP contribution is 2.16. The Labute approximate surface area is 146 Å². The molecule has 0 radical (unpaired) electrons. The molecule has 3 aromatic rings. The van der Waals surface area contributed by atoms with Crippen molar-refractivity contribution in [3.63, 3.8) is 0 Å². The van der Waals surface area contributed by atoms with Crippen molar-refractivity contribution >= 4 is 17.4 Å². The van der Waals surface area contributed by atoms with Crippen LogP contribution >= 0.6 is 0 Å². The molecular weight excluding hydrogens is 316 g/mol. The minimum absolute atomic E-state index is 0.221. The van der Waals surface area contributed by atoms with Gasteiger partial charge < -0.3 is 10.2 Å². The lowest BCUT2D eigenvalue weighted by Crippen LogP contribution is -2.15. The topological polar surface area (TPSA) is 75.9 Å². The Morgan fingerprint density at radius 3 is 2.60 bits per heavy atom. The third kappa shape index (κ3) is 3.65. The molecule has 0 bridgehead atoms. The third-order valence-electron chi connectivity index (χ3n) is 3.75. The van der Waals surface area contributed by atoms with Crippen LogP contribution in [-0.2, 0) is 0 Å². The van der Waals surface area contributed by atoms with Crippen molar-refractivity contribution in [2.24, 2.45) is 0 Å². The molecule has 0 aliphatic heterocycles. The van der Waals surface area contributed by atoms with E-state index in [9.17, 15) is 4.79 Å². The van der Waals surface area contributed by atoms with Gasteiger partial charge in [0, 0.05) is 37.1 Å². The lowest BCUT2D eigenvalue weighted by atomic mass is 10.2. The highest BCUT2D eigenvalue weighted by Gasteiger charge is 2.11. The number of carbonyl (C=O) groups is 1. The van der Waals surface area contributed by atoms with E-state index in [4.69, 9.17) is 0 Å². The Bertz CT molecular complexity index is 915. The number of benzene rings is 1. The summed E-state index contributed by atoms with van der Waals surface area (Å²) in [4.78, 5) is 22.8. The molecule has 25 heavy (non-hydrogen) atoms. The summed E-state index contributed by atoms with van der Waals surface area (Å²) in [5.74, 6) is 0.817. The Balaban J connectivity index is 1.84. The molecule has 7 heteroatoms. The van der Waals surface area contributed by atoms with E-state index < -0.39 is 0 Å². The van der Waals surface area contributed by atoms with E-state index in [0.717, 1.165) is 17.1 Å². The van der Waals surface area contributed by atoms with E-state index in [1.54, 1.807) is 16.8 Å². The van der Waals surface area contributed by atoms with Gasteiger partial charge in [0.05, 0.1) is 5.69 Å². The highest BCUT2D eigenvalue weighted by molar-refractivity contribution is 6.04. The molecule has 3 rings (SSSR count). The molecule has 0 aliphatic rings. The van der Waals surface area contributed by atoms with Crippen LogP contribution in [0.3, 0.4) is 0 Å². The number of hydrogen-bond donors (Lipinski definition) is 1. The fourth-order valence-electron chi connectivity index (χ4n) is 2.51. The van der Waals surface area contributed by atoms with Gasteiger partial charge in [-0.05, 0) is 38.1 Å². The monoisotopic (exact) mass is 336 g/mol. The highest BCUT2D eigenvalue weighted by atomic mass is 16.1. The molecule has 128 valence electrons. The lowest BCUT2D eigenvalue weighted by molar-refractivity contribution is 0.102. The summed E-state index contributed by atoms with van der Waals surface area (Å²) in [5, 5.41) is 7.21. The van der Waals surface area contributed by atoms with Crippen LogP contribution in [0.25, 0.3) is 5.82 Å². The van der Waals surface area contributed by atoms with Crippen LogP contribution < -0.4 is 10.2 Å². The second-order valence-electron chi connectivity index (χ2n) is 6.00. The quantitative estimate of drug-likeness (QED) is 0.792. The molecular formula is C18H20N6O. The maximum absolute atomic E-state index is 12.5. The molecule has 2 aromatic heterocycles. The number of anilines is 2. The average Bonchev–Trinajstić information content (AvgIpc) is 2.93. The maximum atomic E-state index is 12.5. The van der Waals surface area contributed by atoms with Crippen molar-refractivity contribution < 1.29 is 4.79 Å². The number of aromatic nitrogens is 4. The molecule has 0 spiro atoms. The van der Waals surface area contributed by atoms with Crippen LogP contribution in [0.15, 0.2) is 42.7 Å². The van der Waals surface area contributed by atoms with E-state index in [-0.39, 0.29) is 5.91 Å². The van der Waals surface area contributed by atoms with Gasteiger partial charge in [-0.25, -0.2) is 14.6 Å². The Hall–Kier alpha value is -3.22. The summed E-state index contributed by atoms with van der Waals surface area (Å²) >= 11 is 0. The van der Waals surface area contributed by atoms with Gasteiger partial charge in [-0.2, -0.15) is 5.10 Å². The largest absolute Gasteiger partial charge is 0.378 e. The number of nitrogens with one attached hydrogen (secondary N) is 1. The number of aryl methyl sites for hydroxylation is 2. The fraction of sp³-hybridized carbons (Fsp3) is 0.222. The van der Waals surface area contributed by atoms with Gasteiger partial charge >= 0.3 is 0 Å². The van der Waals surface area contributed by atoms with Crippen molar-refractivity contribution in [1.82, 2.24) is 19.7 Å². The zero-order chi connectivity index (χ0) is 18.0. The summed E-state index contributed by atoms with van der Waals surface area (Å²) < 4.78 is 1.72.